The van der Waals surface area contributed by atoms with E-state index < -0.39 is 0 Å². The third kappa shape index (κ3) is 5.50. The van der Waals surface area contributed by atoms with Crippen molar-refractivity contribution in [2.75, 3.05) is 19.6 Å². The van der Waals surface area contributed by atoms with E-state index in [1.54, 1.807) is 42.3 Å². The van der Waals surface area contributed by atoms with Crippen LogP contribution in [0.25, 0.3) is 0 Å². The molecule has 0 bridgehead atoms. The summed E-state index contributed by atoms with van der Waals surface area (Å²) in [5.41, 5.74) is 1.05. The molecular weight excluding hydrogens is 392 g/mol. The standard InChI is InChI=1S/C21H27ClN4O3/c1-14(2)29-19-5-4-17(22)10-18(19)21(28)26-8-6-15(7-9-26)11-23-20(27)16-12-24-25(3)13-16/h4-5,10,12-15H,6-9,11H2,1-3H3,(H,23,27). The van der Waals surface area contributed by atoms with E-state index in [1.165, 1.54) is 0 Å². The number of amides is 2. The number of rotatable bonds is 6. The topological polar surface area (TPSA) is 76.5 Å². The lowest BCUT2D eigenvalue weighted by molar-refractivity contribution is 0.0678. The summed E-state index contributed by atoms with van der Waals surface area (Å²) < 4.78 is 7.38. The van der Waals surface area contributed by atoms with Crippen LogP contribution in [0.4, 0.5) is 0 Å². The van der Waals surface area contributed by atoms with Crippen LogP contribution >= 0.6 is 11.6 Å². The minimum atomic E-state index is -0.119. The Morgan fingerprint density at radius 3 is 2.66 bits per heavy atom. The number of hydrogen-bond donors (Lipinski definition) is 1. The molecule has 0 aliphatic carbocycles. The SMILES string of the molecule is CC(C)Oc1ccc(Cl)cc1C(=O)N1CCC(CNC(=O)c2cnn(C)c2)CC1. The Hall–Kier alpha value is -2.54. The van der Waals surface area contributed by atoms with E-state index in [4.69, 9.17) is 16.3 Å². The van der Waals surface area contributed by atoms with Crippen molar-refractivity contribution in [3.8, 4) is 5.75 Å². The first-order valence-corrected chi connectivity index (χ1v) is 10.2. The van der Waals surface area contributed by atoms with Gasteiger partial charge in [0, 0.05) is 37.9 Å². The average molecular weight is 419 g/mol. The molecule has 1 aliphatic heterocycles. The summed E-state index contributed by atoms with van der Waals surface area (Å²) in [5.74, 6) is 0.706. The quantitative estimate of drug-likeness (QED) is 0.781. The van der Waals surface area contributed by atoms with Crippen LogP contribution in [0, 0.1) is 5.92 Å². The first-order valence-electron chi connectivity index (χ1n) is 9.86. The highest BCUT2D eigenvalue weighted by Gasteiger charge is 2.26. The number of benzene rings is 1. The summed E-state index contributed by atoms with van der Waals surface area (Å²) >= 11 is 6.11. The number of aromatic nitrogens is 2. The van der Waals surface area contributed by atoms with Gasteiger partial charge >= 0.3 is 0 Å². The first kappa shape index (κ1) is 21.2. The van der Waals surface area contributed by atoms with E-state index in [1.807, 2.05) is 18.7 Å². The molecule has 1 N–H and O–H groups in total. The Bertz CT molecular complexity index is 873. The molecule has 2 aromatic rings. The summed E-state index contributed by atoms with van der Waals surface area (Å²) in [6, 6.07) is 5.14. The zero-order valence-corrected chi connectivity index (χ0v) is 17.8. The zero-order valence-electron chi connectivity index (χ0n) is 17.0. The van der Waals surface area contributed by atoms with Gasteiger partial charge < -0.3 is 15.0 Å². The number of likely N-dealkylation sites (tertiary alicyclic amines) is 1. The highest BCUT2D eigenvalue weighted by Crippen LogP contribution is 2.27. The Morgan fingerprint density at radius 2 is 2.03 bits per heavy atom. The molecule has 0 saturated carbocycles. The second kappa shape index (κ2) is 9.31. The maximum atomic E-state index is 13.0. The zero-order chi connectivity index (χ0) is 21.0. The normalized spacial score (nSPS) is 14.9. The van der Waals surface area contributed by atoms with Crippen molar-refractivity contribution in [1.29, 1.82) is 0 Å². The Labute approximate surface area is 176 Å². The number of nitrogens with one attached hydrogen (secondary N) is 1. The largest absolute Gasteiger partial charge is 0.490 e. The lowest BCUT2D eigenvalue weighted by atomic mass is 9.96. The van der Waals surface area contributed by atoms with E-state index in [0.29, 0.717) is 47.5 Å². The molecule has 1 saturated heterocycles. The minimum absolute atomic E-state index is 0.0307. The number of aryl methyl sites for hydroxylation is 1. The van der Waals surface area contributed by atoms with E-state index in [2.05, 4.69) is 10.4 Å². The van der Waals surface area contributed by atoms with Crippen LogP contribution in [0.1, 0.15) is 47.4 Å². The van der Waals surface area contributed by atoms with Crippen LogP contribution in [0.3, 0.4) is 0 Å². The third-order valence-electron chi connectivity index (χ3n) is 4.95. The Kier molecular flexibility index (Phi) is 6.79. The lowest BCUT2D eigenvalue weighted by Crippen LogP contribution is -2.41. The molecule has 3 rings (SSSR count). The summed E-state index contributed by atoms with van der Waals surface area (Å²) in [7, 11) is 1.78. The summed E-state index contributed by atoms with van der Waals surface area (Å²) in [6.45, 7) is 5.72. The number of piperidine rings is 1. The van der Waals surface area contributed by atoms with Crippen molar-refractivity contribution in [2.24, 2.45) is 13.0 Å². The number of hydrogen-bond acceptors (Lipinski definition) is 4. The fraction of sp³-hybridized carbons (Fsp3) is 0.476. The highest BCUT2D eigenvalue weighted by atomic mass is 35.5. The van der Waals surface area contributed by atoms with Gasteiger partial charge in [-0.3, -0.25) is 14.3 Å². The highest BCUT2D eigenvalue weighted by molar-refractivity contribution is 6.31. The molecule has 156 valence electrons. The second-order valence-corrected chi connectivity index (χ2v) is 8.09. The molecular formula is C21H27ClN4O3. The van der Waals surface area contributed by atoms with Gasteiger partial charge in [-0.1, -0.05) is 11.6 Å². The third-order valence-corrected chi connectivity index (χ3v) is 5.19. The van der Waals surface area contributed by atoms with E-state index >= 15 is 0 Å². The molecule has 8 heteroatoms. The van der Waals surface area contributed by atoms with Gasteiger partial charge in [-0.15, -0.1) is 0 Å². The number of carbonyl (C=O) groups excluding carboxylic acids is 2. The van der Waals surface area contributed by atoms with E-state index in [0.717, 1.165) is 12.8 Å². The van der Waals surface area contributed by atoms with Crippen molar-refractivity contribution in [3.05, 3.63) is 46.7 Å². The van der Waals surface area contributed by atoms with Crippen LogP contribution in [0.15, 0.2) is 30.6 Å². The molecule has 1 aromatic carbocycles. The van der Waals surface area contributed by atoms with Gasteiger partial charge in [0.25, 0.3) is 11.8 Å². The number of ether oxygens (including phenoxy) is 1. The smallest absolute Gasteiger partial charge is 0.257 e. The molecule has 0 unspecified atom stereocenters. The minimum Gasteiger partial charge on any atom is -0.490 e. The van der Waals surface area contributed by atoms with Crippen LogP contribution in [0.5, 0.6) is 5.75 Å². The van der Waals surface area contributed by atoms with E-state index in [-0.39, 0.29) is 17.9 Å². The van der Waals surface area contributed by atoms with Crippen LogP contribution in [0.2, 0.25) is 5.02 Å². The molecule has 0 spiro atoms. The first-order chi connectivity index (χ1) is 13.8. The second-order valence-electron chi connectivity index (χ2n) is 7.66. The predicted molar refractivity (Wildman–Crippen MR) is 111 cm³/mol. The van der Waals surface area contributed by atoms with Crippen LogP contribution < -0.4 is 10.1 Å². The molecule has 2 amide bonds. The fourth-order valence-corrected chi connectivity index (χ4v) is 3.59. The van der Waals surface area contributed by atoms with Gasteiger partial charge in [-0.2, -0.15) is 5.10 Å². The maximum absolute atomic E-state index is 13.0. The molecule has 2 heterocycles. The summed E-state index contributed by atoms with van der Waals surface area (Å²) in [4.78, 5) is 27.0. The van der Waals surface area contributed by atoms with Crippen LogP contribution in [-0.4, -0.2) is 52.2 Å². The van der Waals surface area contributed by atoms with Crippen molar-refractivity contribution in [1.82, 2.24) is 20.0 Å². The molecule has 1 aromatic heterocycles. The molecule has 1 fully saturated rings. The number of carbonyl (C=O) groups is 2. The van der Waals surface area contributed by atoms with Crippen LogP contribution in [-0.2, 0) is 7.05 Å². The lowest BCUT2D eigenvalue weighted by Gasteiger charge is -2.32. The molecule has 0 atom stereocenters. The van der Waals surface area contributed by atoms with Gasteiger partial charge in [0.1, 0.15) is 5.75 Å². The van der Waals surface area contributed by atoms with Crippen molar-refractivity contribution in [2.45, 2.75) is 32.8 Å². The maximum Gasteiger partial charge on any atom is 0.257 e. The van der Waals surface area contributed by atoms with Crippen molar-refractivity contribution in [3.63, 3.8) is 0 Å². The molecule has 1 aliphatic rings. The molecule has 7 nitrogen and oxygen atoms in total. The average Bonchev–Trinajstić information content (AvgIpc) is 3.13. The monoisotopic (exact) mass is 418 g/mol. The van der Waals surface area contributed by atoms with E-state index in [9.17, 15) is 9.59 Å². The number of halogens is 1. The number of nitrogens with zero attached hydrogens (tertiary/aromatic N) is 3. The molecule has 0 radical (unpaired) electrons. The summed E-state index contributed by atoms with van der Waals surface area (Å²) in [6.07, 6.45) is 4.88. The van der Waals surface area contributed by atoms with Gasteiger partial charge in [-0.25, -0.2) is 0 Å². The predicted octanol–water partition coefficient (Wildman–Crippen LogP) is 3.14. The Morgan fingerprint density at radius 1 is 1.31 bits per heavy atom. The van der Waals surface area contributed by atoms with Gasteiger partial charge in [-0.05, 0) is 50.8 Å². The molecule has 29 heavy (non-hydrogen) atoms. The van der Waals surface area contributed by atoms with Gasteiger partial charge in [0.05, 0.1) is 23.4 Å². The fourth-order valence-electron chi connectivity index (χ4n) is 3.41. The van der Waals surface area contributed by atoms with Crippen molar-refractivity contribution >= 4 is 23.4 Å². The van der Waals surface area contributed by atoms with Gasteiger partial charge in [0.2, 0.25) is 0 Å². The summed E-state index contributed by atoms with van der Waals surface area (Å²) in [5, 5.41) is 7.49. The van der Waals surface area contributed by atoms with Crippen molar-refractivity contribution < 1.29 is 14.3 Å². The Balaban J connectivity index is 1.54. The van der Waals surface area contributed by atoms with Gasteiger partial charge in [0.15, 0.2) is 0 Å².